The van der Waals surface area contributed by atoms with Crippen molar-refractivity contribution < 1.29 is 9.59 Å². The minimum Gasteiger partial charge on any atom is -0.295 e. The Hall–Kier alpha value is -2.56. The number of rotatable bonds is 2. The molecule has 0 radical (unpaired) electrons. The molecule has 0 saturated carbocycles. The van der Waals surface area contributed by atoms with Crippen molar-refractivity contribution in [1.29, 1.82) is 0 Å². The van der Waals surface area contributed by atoms with Gasteiger partial charge < -0.3 is 0 Å². The number of imide groups is 1. The van der Waals surface area contributed by atoms with Gasteiger partial charge in [-0.1, -0.05) is 12.1 Å². The number of aromatic nitrogens is 2. The summed E-state index contributed by atoms with van der Waals surface area (Å²) in [4.78, 5) is 33.2. The third-order valence-electron chi connectivity index (χ3n) is 3.72. The van der Waals surface area contributed by atoms with Crippen molar-refractivity contribution in [2.75, 3.05) is 0 Å². The zero-order chi connectivity index (χ0) is 15.0. The Morgan fingerprint density at radius 2 is 1.48 bits per heavy atom. The van der Waals surface area contributed by atoms with E-state index in [1.54, 1.807) is 12.1 Å². The fourth-order valence-electron chi connectivity index (χ4n) is 2.71. The lowest BCUT2D eigenvalue weighted by Gasteiger charge is -2.24. The highest BCUT2D eigenvalue weighted by Gasteiger charge is 2.51. The lowest BCUT2D eigenvalue weighted by Crippen LogP contribution is -2.38. The van der Waals surface area contributed by atoms with E-state index >= 15 is 0 Å². The fourth-order valence-corrected chi connectivity index (χ4v) is 2.71. The number of hydrogen-bond donors (Lipinski definition) is 1. The Kier molecular flexibility index (Phi) is 3.05. The topological polar surface area (TPSA) is 72.0 Å². The maximum atomic E-state index is 12.5. The Morgan fingerprint density at radius 1 is 0.952 bits per heavy atom. The summed E-state index contributed by atoms with van der Waals surface area (Å²) < 4.78 is 0. The van der Waals surface area contributed by atoms with Crippen LogP contribution in [0.1, 0.15) is 29.2 Å². The van der Waals surface area contributed by atoms with Gasteiger partial charge in [-0.2, -0.15) is 0 Å². The zero-order valence-corrected chi connectivity index (χ0v) is 11.9. The van der Waals surface area contributed by atoms with Crippen molar-refractivity contribution in [2.24, 2.45) is 0 Å². The molecule has 3 heterocycles. The second-order valence-electron chi connectivity index (χ2n) is 5.29. The van der Waals surface area contributed by atoms with Gasteiger partial charge in [0.15, 0.2) is 0 Å². The van der Waals surface area contributed by atoms with Gasteiger partial charge in [0.2, 0.25) is 11.8 Å². The predicted octanol–water partition coefficient (Wildman–Crippen LogP) is 1.43. The van der Waals surface area contributed by atoms with E-state index in [9.17, 15) is 9.59 Å². The quantitative estimate of drug-likeness (QED) is 0.845. The van der Waals surface area contributed by atoms with Crippen molar-refractivity contribution in [3.8, 4) is 0 Å². The van der Waals surface area contributed by atoms with Crippen LogP contribution in [0.15, 0.2) is 36.4 Å². The summed E-state index contributed by atoms with van der Waals surface area (Å²) >= 11 is 0. The first kappa shape index (κ1) is 13.4. The first-order valence-corrected chi connectivity index (χ1v) is 6.75. The van der Waals surface area contributed by atoms with Crippen LogP contribution in [-0.4, -0.2) is 21.8 Å². The molecule has 2 aromatic rings. The highest BCUT2D eigenvalue weighted by atomic mass is 16.2. The Morgan fingerprint density at radius 3 is 1.86 bits per heavy atom. The number of nitrogens with one attached hydrogen (secondary N) is 1. The number of carbonyl (C=O) groups excluding carboxylic acids is 2. The van der Waals surface area contributed by atoms with Crippen LogP contribution < -0.4 is 5.32 Å². The minimum atomic E-state index is -1.13. The van der Waals surface area contributed by atoms with Gasteiger partial charge in [0, 0.05) is 11.4 Å². The first-order chi connectivity index (χ1) is 10.0. The molecule has 0 unspecified atom stereocenters. The smallest absolute Gasteiger partial charge is 0.245 e. The maximum absolute atomic E-state index is 12.5. The maximum Gasteiger partial charge on any atom is 0.245 e. The van der Waals surface area contributed by atoms with E-state index in [-0.39, 0.29) is 18.2 Å². The molecule has 0 atom stereocenters. The summed E-state index contributed by atoms with van der Waals surface area (Å²) in [6, 6.07) is 10.9. The molecule has 106 valence electrons. The highest BCUT2D eigenvalue weighted by Crippen LogP contribution is 2.37. The molecule has 21 heavy (non-hydrogen) atoms. The van der Waals surface area contributed by atoms with E-state index in [2.05, 4.69) is 15.3 Å². The molecular weight excluding hydrogens is 266 g/mol. The van der Waals surface area contributed by atoms with Crippen LogP contribution in [0.4, 0.5) is 0 Å². The number of pyridine rings is 2. The molecule has 2 aromatic heterocycles. The second-order valence-corrected chi connectivity index (χ2v) is 5.29. The summed E-state index contributed by atoms with van der Waals surface area (Å²) in [7, 11) is 0. The molecule has 1 aliphatic rings. The number of carbonyl (C=O) groups is 2. The predicted molar refractivity (Wildman–Crippen MR) is 76.5 cm³/mol. The molecule has 1 fully saturated rings. The van der Waals surface area contributed by atoms with Gasteiger partial charge in [0.25, 0.3) is 0 Å². The Labute approximate surface area is 122 Å². The largest absolute Gasteiger partial charge is 0.295 e. The first-order valence-electron chi connectivity index (χ1n) is 6.75. The van der Waals surface area contributed by atoms with E-state index in [0.29, 0.717) is 11.4 Å². The van der Waals surface area contributed by atoms with Gasteiger partial charge in [0.05, 0.1) is 17.8 Å². The lowest BCUT2D eigenvalue weighted by molar-refractivity contribution is -0.126. The SMILES string of the molecule is Cc1cccc(C2(c3cccc(C)n3)CC(=O)NC2=O)n1. The third kappa shape index (κ3) is 2.11. The zero-order valence-electron chi connectivity index (χ0n) is 11.9. The van der Waals surface area contributed by atoms with E-state index in [0.717, 1.165) is 11.4 Å². The summed E-state index contributed by atoms with van der Waals surface area (Å²) in [5, 5.41) is 2.39. The van der Waals surface area contributed by atoms with Crippen molar-refractivity contribution in [2.45, 2.75) is 25.7 Å². The van der Waals surface area contributed by atoms with Gasteiger partial charge in [-0.3, -0.25) is 24.9 Å². The molecule has 3 rings (SSSR count). The van der Waals surface area contributed by atoms with Crippen LogP contribution in [0.25, 0.3) is 0 Å². The molecule has 1 aliphatic heterocycles. The average Bonchev–Trinajstić information content (AvgIpc) is 2.74. The summed E-state index contributed by atoms with van der Waals surface area (Å²) in [6.45, 7) is 3.71. The van der Waals surface area contributed by atoms with Crippen LogP contribution in [0, 0.1) is 13.8 Å². The van der Waals surface area contributed by atoms with Crippen molar-refractivity contribution in [3.63, 3.8) is 0 Å². The number of aryl methyl sites for hydroxylation is 2. The molecule has 0 aliphatic carbocycles. The van der Waals surface area contributed by atoms with Crippen molar-refractivity contribution in [3.05, 3.63) is 59.2 Å². The van der Waals surface area contributed by atoms with Crippen molar-refractivity contribution >= 4 is 11.8 Å². The molecule has 0 spiro atoms. The summed E-state index contributed by atoms with van der Waals surface area (Å²) in [5.74, 6) is -0.657. The van der Waals surface area contributed by atoms with Gasteiger partial charge in [-0.05, 0) is 38.1 Å². The lowest BCUT2D eigenvalue weighted by atomic mass is 9.78. The minimum absolute atomic E-state index is 0.0404. The van der Waals surface area contributed by atoms with Crippen LogP contribution in [0.3, 0.4) is 0 Å². The monoisotopic (exact) mass is 281 g/mol. The molecule has 5 heteroatoms. The Bertz CT molecular complexity index is 694. The van der Waals surface area contributed by atoms with E-state index in [1.165, 1.54) is 0 Å². The number of hydrogen-bond acceptors (Lipinski definition) is 4. The summed E-state index contributed by atoms with van der Waals surface area (Å²) in [5.41, 5.74) is 1.58. The molecule has 0 bridgehead atoms. The average molecular weight is 281 g/mol. The molecular formula is C16H15N3O2. The number of nitrogens with zero attached hydrogens (tertiary/aromatic N) is 2. The standard InChI is InChI=1S/C16H15N3O2/c1-10-5-3-7-12(17-10)16(9-14(20)19-15(16)21)13-8-4-6-11(2)18-13/h3-8H,9H2,1-2H3,(H,19,20,21). The van der Waals surface area contributed by atoms with E-state index in [1.807, 2.05) is 38.1 Å². The normalized spacial score (nSPS) is 16.9. The van der Waals surface area contributed by atoms with Crippen molar-refractivity contribution in [1.82, 2.24) is 15.3 Å². The van der Waals surface area contributed by atoms with Crippen LogP contribution in [0.5, 0.6) is 0 Å². The van der Waals surface area contributed by atoms with Crippen LogP contribution in [-0.2, 0) is 15.0 Å². The molecule has 0 aromatic carbocycles. The fraction of sp³-hybridized carbons (Fsp3) is 0.250. The molecule has 5 nitrogen and oxygen atoms in total. The highest BCUT2D eigenvalue weighted by molar-refractivity contribution is 6.10. The van der Waals surface area contributed by atoms with Crippen LogP contribution >= 0.6 is 0 Å². The van der Waals surface area contributed by atoms with E-state index < -0.39 is 5.41 Å². The second kappa shape index (κ2) is 4.77. The molecule has 2 amide bonds. The Balaban J connectivity index is 2.26. The number of amides is 2. The summed E-state index contributed by atoms with van der Waals surface area (Å²) in [6.07, 6.45) is 0.0404. The van der Waals surface area contributed by atoms with Gasteiger partial charge in [0.1, 0.15) is 5.41 Å². The molecule has 1 saturated heterocycles. The van der Waals surface area contributed by atoms with Gasteiger partial charge >= 0.3 is 0 Å². The van der Waals surface area contributed by atoms with Gasteiger partial charge in [-0.25, -0.2) is 0 Å². The van der Waals surface area contributed by atoms with Gasteiger partial charge in [-0.15, -0.1) is 0 Å². The van der Waals surface area contributed by atoms with E-state index in [4.69, 9.17) is 0 Å². The third-order valence-corrected chi connectivity index (χ3v) is 3.72. The molecule has 1 N–H and O–H groups in total. The van der Waals surface area contributed by atoms with Crippen LogP contribution in [0.2, 0.25) is 0 Å².